The van der Waals surface area contributed by atoms with E-state index in [1.165, 1.54) is 12.8 Å². The predicted molar refractivity (Wildman–Crippen MR) is 95.9 cm³/mol. The van der Waals surface area contributed by atoms with Crippen molar-refractivity contribution in [2.45, 2.75) is 50.9 Å². The second-order valence-electron chi connectivity index (χ2n) is 6.52. The first-order chi connectivity index (χ1) is 11.7. The van der Waals surface area contributed by atoms with Gasteiger partial charge in [-0.25, -0.2) is 0 Å². The molecular weight excluding hydrogens is 300 g/mol. The summed E-state index contributed by atoms with van der Waals surface area (Å²) in [5, 5.41) is 27.0. The molecule has 2 atom stereocenters. The van der Waals surface area contributed by atoms with E-state index in [2.05, 4.69) is 10.6 Å². The largest absolute Gasteiger partial charge is 0.508 e. The Labute approximate surface area is 143 Å². The molecule has 128 valence electrons. The van der Waals surface area contributed by atoms with Gasteiger partial charge in [0, 0.05) is 36.3 Å². The van der Waals surface area contributed by atoms with Crippen molar-refractivity contribution < 1.29 is 10.2 Å². The molecule has 1 saturated carbocycles. The van der Waals surface area contributed by atoms with E-state index in [4.69, 9.17) is 0 Å². The molecule has 0 bridgehead atoms. The van der Waals surface area contributed by atoms with E-state index in [9.17, 15) is 10.2 Å². The van der Waals surface area contributed by atoms with E-state index in [0.717, 1.165) is 24.0 Å². The van der Waals surface area contributed by atoms with Crippen molar-refractivity contribution in [1.82, 2.24) is 10.6 Å². The molecule has 0 spiro atoms. The minimum absolute atomic E-state index is 0.347. The lowest BCUT2D eigenvalue weighted by Gasteiger charge is -2.33. The van der Waals surface area contributed by atoms with Gasteiger partial charge in [-0.2, -0.15) is 0 Å². The molecule has 0 amide bonds. The zero-order valence-electron chi connectivity index (χ0n) is 13.9. The molecule has 0 saturated heterocycles. The molecule has 0 aromatic heterocycles. The molecule has 0 heterocycles. The van der Waals surface area contributed by atoms with Gasteiger partial charge in [-0.1, -0.05) is 49.2 Å². The highest BCUT2D eigenvalue weighted by molar-refractivity contribution is 5.32. The van der Waals surface area contributed by atoms with Crippen molar-refractivity contribution in [3.05, 3.63) is 59.7 Å². The van der Waals surface area contributed by atoms with Gasteiger partial charge in [0.2, 0.25) is 0 Å². The minimum atomic E-state index is 0.347. The molecular formula is C20H26N2O2. The van der Waals surface area contributed by atoms with Crippen LogP contribution in [0, 0.1) is 0 Å². The Morgan fingerprint density at radius 3 is 1.54 bits per heavy atom. The molecule has 1 aliphatic rings. The minimum Gasteiger partial charge on any atom is -0.508 e. The third-order valence-electron chi connectivity index (χ3n) is 4.86. The lowest BCUT2D eigenvalue weighted by atomic mass is 9.90. The van der Waals surface area contributed by atoms with E-state index in [-0.39, 0.29) is 0 Å². The normalized spacial score (nSPS) is 20.8. The van der Waals surface area contributed by atoms with E-state index in [1.807, 2.05) is 36.4 Å². The van der Waals surface area contributed by atoms with Crippen LogP contribution in [0.15, 0.2) is 48.5 Å². The first-order valence-electron chi connectivity index (χ1n) is 8.74. The van der Waals surface area contributed by atoms with E-state index >= 15 is 0 Å². The van der Waals surface area contributed by atoms with Gasteiger partial charge in [-0.05, 0) is 25.0 Å². The Hall–Kier alpha value is -2.04. The van der Waals surface area contributed by atoms with Crippen molar-refractivity contribution in [3.8, 4) is 11.5 Å². The number of phenols is 2. The Kier molecular flexibility index (Phi) is 5.72. The van der Waals surface area contributed by atoms with Gasteiger partial charge < -0.3 is 20.8 Å². The second-order valence-corrected chi connectivity index (χ2v) is 6.52. The Bertz CT molecular complexity index is 602. The highest BCUT2D eigenvalue weighted by Gasteiger charge is 2.24. The van der Waals surface area contributed by atoms with Crippen molar-refractivity contribution >= 4 is 0 Å². The highest BCUT2D eigenvalue weighted by atomic mass is 16.3. The average molecular weight is 326 g/mol. The molecule has 2 unspecified atom stereocenters. The molecule has 1 fully saturated rings. The topological polar surface area (TPSA) is 64.5 Å². The smallest absolute Gasteiger partial charge is 0.120 e. The maximum absolute atomic E-state index is 9.91. The molecule has 0 aliphatic heterocycles. The van der Waals surface area contributed by atoms with Gasteiger partial charge in [0.05, 0.1) is 0 Å². The first-order valence-corrected chi connectivity index (χ1v) is 8.74. The van der Waals surface area contributed by atoms with Crippen LogP contribution in [0.2, 0.25) is 0 Å². The molecule has 4 nitrogen and oxygen atoms in total. The number of benzene rings is 2. The Balaban J connectivity index is 1.57. The number of nitrogens with one attached hydrogen (secondary N) is 2. The third-order valence-corrected chi connectivity index (χ3v) is 4.86. The summed E-state index contributed by atoms with van der Waals surface area (Å²) in [6, 6.07) is 15.7. The summed E-state index contributed by atoms with van der Waals surface area (Å²) in [4.78, 5) is 0. The fourth-order valence-corrected chi connectivity index (χ4v) is 3.42. The maximum Gasteiger partial charge on any atom is 0.120 e. The summed E-state index contributed by atoms with van der Waals surface area (Å²) in [5.74, 6) is 0.694. The lowest BCUT2D eigenvalue weighted by Crippen LogP contribution is -2.49. The van der Waals surface area contributed by atoms with Gasteiger partial charge >= 0.3 is 0 Å². The van der Waals surface area contributed by atoms with Crippen LogP contribution < -0.4 is 10.6 Å². The molecule has 2 aromatic rings. The average Bonchev–Trinajstić information content (AvgIpc) is 2.61. The molecule has 0 radical (unpaired) electrons. The van der Waals surface area contributed by atoms with Crippen LogP contribution in [0.4, 0.5) is 0 Å². The monoisotopic (exact) mass is 326 g/mol. The van der Waals surface area contributed by atoms with Gasteiger partial charge in [0.1, 0.15) is 11.5 Å². The summed E-state index contributed by atoms with van der Waals surface area (Å²) in [6.45, 7) is 1.35. The number of para-hydroxylation sites is 2. The number of hydrogen-bond acceptors (Lipinski definition) is 4. The quantitative estimate of drug-likeness (QED) is 0.658. The number of phenolic OH excluding ortho intramolecular Hbond substituents is 2. The zero-order chi connectivity index (χ0) is 16.8. The van der Waals surface area contributed by atoms with E-state index in [1.54, 1.807) is 12.1 Å². The molecule has 4 heteroatoms. The van der Waals surface area contributed by atoms with Crippen LogP contribution in [0.1, 0.15) is 36.8 Å². The highest BCUT2D eigenvalue weighted by Crippen LogP contribution is 2.22. The number of rotatable bonds is 6. The van der Waals surface area contributed by atoms with E-state index < -0.39 is 0 Å². The lowest BCUT2D eigenvalue weighted by molar-refractivity contribution is 0.279. The number of aromatic hydroxyl groups is 2. The Morgan fingerprint density at radius 1 is 0.708 bits per heavy atom. The van der Waals surface area contributed by atoms with Gasteiger partial charge in [-0.3, -0.25) is 0 Å². The molecule has 4 N–H and O–H groups in total. The fraction of sp³-hybridized carbons (Fsp3) is 0.400. The van der Waals surface area contributed by atoms with E-state index in [0.29, 0.717) is 36.7 Å². The van der Waals surface area contributed by atoms with Gasteiger partial charge in [0.15, 0.2) is 0 Å². The van der Waals surface area contributed by atoms with Crippen LogP contribution in [-0.2, 0) is 13.1 Å². The van der Waals surface area contributed by atoms with Crippen molar-refractivity contribution in [1.29, 1.82) is 0 Å². The maximum atomic E-state index is 9.91. The van der Waals surface area contributed by atoms with Crippen LogP contribution in [0.3, 0.4) is 0 Å². The molecule has 24 heavy (non-hydrogen) atoms. The fourth-order valence-electron chi connectivity index (χ4n) is 3.42. The molecule has 3 rings (SSSR count). The SMILES string of the molecule is Oc1ccccc1CNC1CCCCC1NCc1ccccc1O. The summed E-state index contributed by atoms with van der Waals surface area (Å²) in [6.07, 6.45) is 4.72. The second kappa shape index (κ2) is 8.18. The zero-order valence-corrected chi connectivity index (χ0v) is 13.9. The first kappa shape index (κ1) is 16.8. The van der Waals surface area contributed by atoms with Crippen LogP contribution >= 0.6 is 0 Å². The summed E-state index contributed by atoms with van der Waals surface area (Å²) >= 11 is 0. The predicted octanol–water partition coefficient (Wildman–Crippen LogP) is 3.29. The van der Waals surface area contributed by atoms with Crippen molar-refractivity contribution in [2.24, 2.45) is 0 Å². The van der Waals surface area contributed by atoms with Gasteiger partial charge in [0.25, 0.3) is 0 Å². The third kappa shape index (κ3) is 4.28. The Morgan fingerprint density at radius 2 is 1.12 bits per heavy atom. The molecule has 1 aliphatic carbocycles. The van der Waals surface area contributed by atoms with Crippen LogP contribution in [0.25, 0.3) is 0 Å². The van der Waals surface area contributed by atoms with Crippen LogP contribution in [-0.4, -0.2) is 22.3 Å². The molecule has 2 aromatic carbocycles. The summed E-state index contributed by atoms with van der Waals surface area (Å²) in [5.41, 5.74) is 1.87. The van der Waals surface area contributed by atoms with Crippen molar-refractivity contribution in [2.75, 3.05) is 0 Å². The standard InChI is InChI=1S/C20H26N2O2/c23-19-11-5-1-7-15(19)13-21-17-9-3-4-10-18(17)22-14-16-8-2-6-12-20(16)24/h1-2,5-8,11-12,17-18,21-24H,3-4,9-10,13-14H2. The summed E-state index contributed by atoms with van der Waals surface area (Å²) < 4.78 is 0. The number of hydrogen-bond donors (Lipinski definition) is 4. The van der Waals surface area contributed by atoms with Crippen molar-refractivity contribution in [3.63, 3.8) is 0 Å². The summed E-state index contributed by atoms with van der Waals surface area (Å²) in [7, 11) is 0. The van der Waals surface area contributed by atoms with Crippen LogP contribution in [0.5, 0.6) is 11.5 Å². The van der Waals surface area contributed by atoms with Gasteiger partial charge in [-0.15, -0.1) is 0 Å².